The zero-order valence-electron chi connectivity index (χ0n) is 7.32. The van der Waals surface area contributed by atoms with Crippen LogP contribution in [0.25, 0.3) is 0 Å². The minimum absolute atomic E-state index is 0.120. The monoisotopic (exact) mass is 178 g/mol. The SMILES string of the molecule is CC(C)(C)CC(C(=O)O)=C(F)F. The first-order valence-electron chi connectivity index (χ1n) is 3.51. The molecule has 0 atom stereocenters. The molecule has 70 valence electrons. The molecule has 0 spiro atoms. The molecular formula is C8H12F2O2. The molecule has 0 amide bonds. The quantitative estimate of drug-likeness (QED) is 0.660. The van der Waals surface area contributed by atoms with Crippen LogP contribution in [0.15, 0.2) is 11.7 Å². The van der Waals surface area contributed by atoms with E-state index in [-0.39, 0.29) is 6.42 Å². The van der Waals surface area contributed by atoms with Crippen LogP contribution in [0.4, 0.5) is 8.78 Å². The molecule has 1 N–H and O–H groups in total. The zero-order chi connectivity index (χ0) is 9.94. The van der Waals surface area contributed by atoms with Gasteiger partial charge in [0, 0.05) is 0 Å². The first-order chi connectivity index (χ1) is 5.24. The van der Waals surface area contributed by atoms with Crippen LogP contribution >= 0.6 is 0 Å². The predicted molar refractivity (Wildman–Crippen MR) is 40.9 cm³/mol. The van der Waals surface area contributed by atoms with Gasteiger partial charge >= 0.3 is 5.97 Å². The van der Waals surface area contributed by atoms with Crippen molar-refractivity contribution in [3.8, 4) is 0 Å². The Morgan fingerprint density at radius 1 is 1.33 bits per heavy atom. The van der Waals surface area contributed by atoms with Gasteiger partial charge in [-0.15, -0.1) is 0 Å². The van der Waals surface area contributed by atoms with Crippen LogP contribution < -0.4 is 0 Å². The third-order valence-corrected chi connectivity index (χ3v) is 1.19. The van der Waals surface area contributed by atoms with Crippen LogP contribution in [0.1, 0.15) is 27.2 Å². The molecule has 0 radical (unpaired) electrons. The molecule has 0 saturated heterocycles. The Bertz CT molecular complexity index is 210. The van der Waals surface area contributed by atoms with E-state index < -0.39 is 23.0 Å². The molecule has 0 rings (SSSR count). The molecule has 0 aromatic carbocycles. The summed E-state index contributed by atoms with van der Waals surface area (Å²) in [6.45, 7) is 5.12. The summed E-state index contributed by atoms with van der Waals surface area (Å²) in [5.74, 6) is -1.54. The summed E-state index contributed by atoms with van der Waals surface area (Å²) in [5, 5.41) is 8.37. The second-order valence-electron chi connectivity index (χ2n) is 3.78. The molecule has 0 aromatic rings. The number of halogens is 2. The highest BCUT2D eigenvalue weighted by Crippen LogP contribution is 2.26. The Hall–Kier alpha value is -0.930. The van der Waals surface area contributed by atoms with Crippen LogP contribution in [-0.4, -0.2) is 11.1 Å². The fourth-order valence-electron chi connectivity index (χ4n) is 0.754. The van der Waals surface area contributed by atoms with E-state index in [4.69, 9.17) is 5.11 Å². The number of hydrogen-bond acceptors (Lipinski definition) is 1. The third kappa shape index (κ3) is 4.05. The third-order valence-electron chi connectivity index (χ3n) is 1.19. The van der Waals surface area contributed by atoms with Crippen LogP contribution in [0.3, 0.4) is 0 Å². The van der Waals surface area contributed by atoms with Crippen LogP contribution in [-0.2, 0) is 4.79 Å². The molecule has 0 saturated carbocycles. The lowest BCUT2D eigenvalue weighted by Crippen LogP contribution is -2.12. The molecule has 2 nitrogen and oxygen atoms in total. The molecule has 0 aliphatic carbocycles. The largest absolute Gasteiger partial charge is 0.478 e. The molecule has 0 aliphatic rings. The van der Waals surface area contributed by atoms with Gasteiger partial charge in [0.25, 0.3) is 6.08 Å². The van der Waals surface area contributed by atoms with E-state index in [1.54, 1.807) is 20.8 Å². The lowest BCUT2D eigenvalue weighted by Gasteiger charge is -2.17. The fraction of sp³-hybridized carbons (Fsp3) is 0.625. The van der Waals surface area contributed by atoms with Crippen LogP contribution in [0, 0.1) is 5.41 Å². The van der Waals surface area contributed by atoms with E-state index in [0.717, 1.165) is 0 Å². The molecule has 4 heteroatoms. The summed E-state index contributed by atoms with van der Waals surface area (Å²) >= 11 is 0. The van der Waals surface area contributed by atoms with E-state index in [0.29, 0.717) is 0 Å². The first-order valence-corrected chi connectivity index (χ1v) is 3.51. The van der Waals surface area contributed by atoms with Crippen LogP contribution in [0.5, 0.6) is 0 Å². The van der Waals surface area contributed by atoms with Gasteiger partial charge in [0.2, 0.25) is 0 Å². The van der Waals surface area contributed by atoms with Crippen molar-refractivity contribution in [2.45, 2.75) is 27.2 Å². The second-order valence-corrected chi connectivity index (χ2v) is 3.78. The van der Waals surface area contributed by atoms with Crippen molar-refractivity contribution in [3.05, 3.63) is 11.7 Å². The molecule has 12 heavy (non-hydrogen) atoms. The Balaban J connectivity index is 4.60. The van der Waals surface area contributed by atoms with Gasteiger partial charge in [-0.3, -0.25) is 0 Å². The highest BCUT2D eigenvalue weighted by Gasteiger charge is 2.22. The highest BCUT2D eigenvalue weighted by atomic mass is 19.3. The van der Waals surface area contributed by atoms with Crippen molar-refractivity contribution in [3.63, 3.8) is 0 Å². The molecular weight excluding hydrogens is 166 g/mol. The number of aliphatic carboxylic acids is 1. The first kappa shape index (κ1) is 11.1. The van der Waals surface area contributed by atoms with Crippen molar-refractivity contribution in [1.82, 2.24) is 0 Å². The van der Waals surface area contributed by atoms with Gasteiger partial charge in [-0.05, 0) is 11.8 Å². The van der Waals surface area contributed by atoms with E-state index >= 15 is 0 Å². The maximum atomic E-state index is 12.0. The predicted octanol–water partition coefficient (Wildman–Crippen LogP) is 2.66. The number of carboxylic acid groups (broad SMARTS) is 1. The molecule has 0 heterocycles. The molecule has 0 aliphatic heterocycles. The van der Waals surface area contributed by atoms with Crippen molar-refractivity contribution < 1.29 is 18.7 Å². The van der Waals surface area contributed by atoms with Gasteiger partial charge in [-0.1, -0.05) is 20.8 Å². The number of rotatable bonds is 2. The lowest BCUT2D eigenvalue weighted by atomic mass is 9.88. The minimum atomic E-state index is -2.10. The zero-order valence-corrected chi connectivity index (χ0v) is 7.32. The van der Waals surface area contributed by atoms with E-state index in [9.17, 15) is 13.6 Å². The summed E-state index contributed by atoms with van der Waals surface area (Å²) in [4.78, 5) is 10.3. The number of carbonyl (C=O) groups is 1. The normalized spacial score (nSPS) is 11.1. The Morgan fingerprint density at radius 3 is 1.83 bits per heavy atom. The average Bonchev–Trinajstić information content (AvgIpc) is 1.79. The summed E-state index contributed by atoms with van der Waals surface area (Å²) in [6.07, 6.45) is -2.22. The molecule has 0 unspecified atom stereocenters. The summed E-state index contributed by atoms with van der Waals surface area (Å²) in [7, 11) is 0. The lowest BCUT2D eigenvalue weighted by molar-refractivity contribution is -0.133. The average molecular weight is 178 g/mol. The second kappa shape index (κ2) is 3.65. The summed E-state index contributed by atoms with van der Waals surface area (Å²) in [5.41, 5.74) is -1.22. The molecule has 0 aromatic heterocycles. The Labute approximate surface area is 69.9 Å². The molecule has 0 fully saturated rings. The summed E-state index contributed by atoms with van der Waals surface area (Å²) in [6, 6.07) is 0. The van der Waals surface area contributed by atoms with Gasteiger partial charge < -0.3 is 5.11 Å². The highest BCUT2D eigenvalue weighted by molar-refractivity contribution is 5.86. The standard InChI is InChI=1S/C8H12F2O2/c1-8(2,3)4-5(6(9)10)7(11)12/h4H2,1-3H3,(H,11,12). The van der Waals surface area contributed by atoms with Gasteiger partial charge in [-0.25, -0.2) is 4.79 Å². The van der Waals surface area contributed by atoms with Crippen LogP contribution in [0.2, 0.25) is 0 Å². The van der Waals surface area contributed by atoms with Gasteiger partial charge in [0.1, 0.15) is 5.57 Å². The van der Waals surface area contributed by atoms with Gasteiger partial charge in [-0.2, -0.15) is 8.78 Å². The van der Waals surface area contributed by atoms with E-state index in [1.807, 2.05) is 0 Å². The minimum Gasteiger partial charge on any atom is -0.478 e. The molecule has 0 bridgehead atoms. The Kier molecular flexibility index (Phi) is 3.36. The fourth-order valence-corrected chi connectivity index (χ4v) is 0.754. The summed E-state index contributed by atoms with van der Waals surface area (Å²) < 4.78 is 24.0. The Morgan fingerprint density at radius 2 is 1.75 bits per heavy atom. The van der Waals surface area contributed by atoms with Crippen molar-refractivity contribution in [2.24, 2.45) is 5.41 Å². The van der Waals surface area contributed by atoms with Crippen molar-refractivity contribution in [2.75, 3.05) is 0 Å². The maximum absolute atomic E-state index is 12.0. The topological polar surface area (TPSA) is 37.3 Å². The van der Waals surface area contributed by atoms with Gasteiger partial charge in [0.05, 0.1) is 0 Å². The number of hydrogen-bond donors (Lipinski definition) is 1. The maximum Gasteiger partial charge on any atom is 0.337 e. The van der Waals surface area contributed by atoms with Crippen molar-refractivity contribution in [1.29, 1.82) is 0 Å². The smallest absolute Gasteiger partial charge is 0.337 e. The van der Waals surface area contributed by atoms with E-state index in [2.05, 4.69) is 0 Å². The number of carboxylic acids is 1. The van der Waals surface area contributed by atoms with E-state index in [1.165, 1.54) is 0 Å². The van der Waals surface area contributed by atoms with Crippen molar-refractivity contribution >= 4 is 5.97 Å². The van der Waals surface area contributed by atoms with Gasteiger partial charge in [0.15, 0.2) is 0 Å².